The van der Waals surface area contributed by atoms with Crippen molar-refractivity contribution in [2.75, 3.05) is 5.73 Å². The summed E-state index contributed by atoms with van der Waals surface area (Å²) in [6, 6.07) is 0. The van der Waals surface area contributed by atoms with E-state index in [-0.39, 0.29) is 12.2 Å². The lowest BCUT2D eigenvalue weighted by atomic mass is 10.2. The van der Waals surface area contributed by atoms with Crippen molar-refractivity contribution in [1.29, 1.82) is 0 Å². The highest BCUT2D eigenvalue weighted by molar-refractivity contribution is 7.43. The molecule has 10 nitrogen and oxygen atoms in total. The van der Waals surface area contributed by atoms with Crippen molar-refractivity contribution < 1.29 is 23.6 Å². The van der Waals surface area contributed by atoms with Gasteiger partial charge in [0.2, 0.25) is 0 Å². The second kappa shape index (κ2) is 5.00. The molecule has 0 aliphatic carbocycles. The Morgan fingerprint density at radius 2 is 2.24 bits per heavy atom. The number of ether oxygens (including phenoxy) is 1. The van der Waals surface area contributed by atoms with E-state index in [9.17, 15) is 14.4 Å². The van der Waals surface area contributed by atoms with Crippen LogP contribution in [0.4, 0.5) is 5.82 Å². The molecule has 0 aromatic carbocycles. The van der Waals surface area contributed by atoms with Gasteiger partial charge in [0, 0.05) is 6.42 Å². The Morgan fingerprint density at radius 1 is 1.48 bits per heavy atom. The van der Waals surface area contributed by atoms with E-state index >= 15 is 0 Å². The van der Waals surface area contributed by atoms with Gasteiger partial charge in [-0.25, -0.2) is 15.0 Å². The minimum Gasteiger partial charge on any atom is -0.790 e. The van der Waals surface area contributed by atoms with Crippen LogP contribution < -0.4 is 15.5 Å². The first-order valence-corrected chi connectivity index (χ1v) is 7.60. The van der Waals surface area contributed by atoms with Gasteiger partial charge in [0.15, 0.2) is 11.5 Å². The van der Waals surface area contributed by atoms with E-state index in [1.165, 1.54) is 12.7 Å². The normalized spacial score (nSPS) is 26.5. The summed E-state index contributed by atoms with van der Waals surface area (Å²) in [6.07, 6.45) is 1.02. The number of phosphoric ester groups is 1. The van der Waals surface area contributed by atoms with E-state index < -0.39 is 26.3 Å². The molecule has 0 spiro atoms. The van der Waals surface area contributed by atoms with Gasteiger partial charge in [0.1, 0.15) is 18.1 Å². The van der Waals surface area contributed by atoms with Crippen LogP contribution in [0.1, 0.15) is 19.6 Å². The summed E-state index contributed by atoms with van der Waals surface area (Å²) in [5.41, 5.74) is 6.59. The fraction of sp³-hybridized carbons (Fsp3) is 0.500. The van der Waals surface area contributed by atoms with Gasteiger partial charge in [0.05, 0.1) is 26.4 Å². The molecule has 1 fully saturated rings. The van der Waals surface area contributed by atoms with E-state index in [1.54, 1.807) is 11.5 Å². The van der Waals surface area contributed by atoms with E-state index in [0.717, 1.165) is 0 Å². The van der Waals surface area contributed by atoms with Gasteiger partial charge in [-0.05, 0) is 6.92 Å². The molecule has 2 aromatic rings. The number of aromatic nitrogens is 4. The van der Waals surface area contributed by atoms with Crippen molar-refractivity contribution >= 4 is 24.8 Å². The lowest BCUT2D eigenvalue weighted by Gasteiger charge is -2.32. The number of fused-ring (bicyclic) bond motifs is 1. The Hall–Kier alpha value is -1.58. The third kappa shape index (κ3) is 2.76. The van der Waals surface area contributed by atoms with Gasteiger partial charge in [-0.2, -0.15) is 0 Å². The van der Waals surface area contributed by atoms with Crippen LogP contribution in [0.5, 0.6) is 0 Å². The number of imidazole rings is 1. The number of nitrogen functional groups attached to an aromatic ring is 1. The second-order valence-corrected chi connectivity index (χ2v) is 5.81. The molecule has 1 aliphatic rings. The van der Waals surface area contributed by atoms with Gasteiger partial charge < -0.3 is 29.3 Å². The summed E-state index contributed by atoms with van der Waals surface area (Å²) in [5, 5.41) is 0. The van der Waals surface area contributed by atoms with Gasteiger partial charge in [-0.3, -0.25) is 4.57 Å². The molecule has 0 radical (unpaired) electrons. The lowest BCUT2D eigenvalue weighted by Crippen LogP contribution is -2.27. The third-order valence-electron chi connectivity index (χ3n) is 3.29. The van der Waals surface area contributed by atoms with E-state index in [1.807, 2.05) is 0 Å². The van der Waals surface area contributed by atoms with Gasteiger partial charge in [-0.1, -0.05) is 0 Å². The zero-order valence-electron chi connectivity index (χ0n) is 10.9. The molecule has 21 heavy (non-hydrogen) atoms. The Bertz CT molecular complexity index is 715. The number of nitrogens with two attached hydrogens (primary N) is 1. The predicted octanol–water partition coefficient (Wildman–Crippen LogP) is -1.07. The maximum Gasteiger partial charge on any atom is 0.167 e. The third-order valence-corrected chi connectivity index (χ3v) is 3.82. The summed E-state index contributed by atoms with van der Waals surface area (Å²) < 4.78 is 22.4. The number of rotatable bonds is 3. The van der Waals surface area contributed by atoms with Crippen LogP contribution in [0.15, 0.2) is 12.7 Å². The minimum atomic E-state index is -5.06. The largest absolute Gasteiger partial charge is 0.790 e. The fourth-order valence-electron chi connectivity index (χ4n) is 2.34. The molecule has 0 amide bonds. The van der Waals surface area contributed by atoms with Crippen molar-refractivity contribution in [3.63, 3.8) is 0 Å². The first kappa shape index (κ1) is 14.4. The molecular weight excluding hydrogens is 301 g/mol. The Kier molecular flexibility index (Phi) is 3.42. The molecule has 0 bridgehead atoms. The Balaban J connectivity index is 1.88. The van der Waals surface area contributed by atoms with Crippen LogP contribution in [0.25, 0.3) is 11.2 Å². The van der Waals surface area contributed by atoms with Crippen LogP contribution >= 0.6 is 7.82 Å². The zero-order valence-corrected chi connectivity index (χ0v) is 11.8. The molecule has 3 heterocycles. The van der Waals surface area contributed by atoms with Crippen molar-refractivity contribution in [3.8, 4) is 0 Å². The zero-order chi connectivity index (χ0) is 15.2. The van der Waals surface area contributed by atoms with E-state index in [0.29, 0.717) is 11.2 Å². The van der Waals surface area contributed by atoms with Gasteiger partial charge in [0.25, 0.3) is 0 Å². The smallest absolute Gasteiger partial charge is 0.167 e. The molecule has 3 rings (SSSR count). The maximum atomic E-state index is 10.7. The minimum absolute atomic E-state index is 0.186. The molecule has 3 unspecified atom stereocenters. The number of hydrogen-bond donors (Lipinski definition) is 1. The van der Waals surface area contributed by atoms with Crippen LogP contribution in [0, 0.1) is 0 Å². The van der Waals surface area contributed by atoms with Crippen molar-refractivity contribution in [2.45, 2.75) is 31.8 Å². The molecule has 0 saturated carbocycles. The quantitative estimate of drug-likeness (QED) is 0.698. The van der Waals surface area contributed by atoms with E-state index in [2.05, 4.69) is 19.5 Å². The number of anilines is 1. The lowest BCUT2D eigenvalue weighted by molar-refractivity contribution is -0.345. The molecule has 1 saturated heterocycles. The molecule has 3 atom stereocenters. The Labute approximate surface area is 119 Å². The molecule has 114 valence electrons. The van der Waals surface area contributed by atoms with Crippen LogP contribution in [0.2, 0.25) is 0 Å². The SMILES string of the molecule is CC1OC(n2cnc3c(N)ncnc32)CC1OP(=O)([O-])[O-]. The molecule has 2 aromatic heterocycles. The monoisotopic (exact) mass is 313 g/mol. The standard InChI is InChI=1S/C10H14N5O5P/c1-5-6(20-21(16,17)18)2-7(19-5)15-4-14-8-9(11)12-3-13-10(8)15/h3-7H,2H2,1H3,(H2,11,12,13)(H2,16,17,18)/p-2. The van der Waals surface area contributed by atoms with Crippen LogP contribution in [0.3, 0.4) is 0 Å². The summed E-state index contributed by atoms with van der Waals surface area (Å²) in [5.74, 6) is 0.237. The van der Waals surface area contributed by atoms with Crippen molar-refractivity contribution in [2.24, 2.45) is 0 Å². The summed E-state index contributed by atoms with van der Waals surface area (Å²) in [4.78, 5) is 33.5. The predicted molar refractivity (Wildman–Crippen MR) is 66.4 cm³/mol. The fourth-order valence-corrected chi connectivity index (χ4v) is 2.92. The average Bonchev–Trinajstić information content (AvgIpc) is 2.93. The average molecular weight is 313 g/mol. The molecule has 11 heteroatoms. The highest BCUT2D eigenvalue weighted by Crippen LogP contribution is 2.39. The first-order valence-electron chi connectivity index (χ1n) is 6.14. The van der Waals surface area contributed by atoms with E-state index in [4.69, 9.17) is 10.5 Å². The molecule has 2 N–H and O–H groups in total. The van der Waals surface area contributed by atoms with Crippen molar-refractivity contribution in [1.82, 2.24) is 19.5 Å². The van der Waals surface area contributed by atoms with Crippen LogP contribution in [-0.2, 0) is 13.8 Å². The number of nitrogens with zero attached hydrogens (tertiary/aromatic N) is 4. The maximum absolute atomic E-state index is 10.7. The highest BCUT2D eigenvalue weighted by atomic mass is 31.2. The topological polar surface area (TPSA) is 151 Å². The summed E-state index contributed by atoms with van der Waals surface area (Å²) in [6.45, 7) is 1.63. The molecular formula is C10H12N5O5P-2. The Morgan fingerprint density at radius 3 is 2.95 bits per heavy atom. The summed E-state index contributed by atoms with van der Waals surface area (Å²) >= 11 is 0. The number of phosphoric acid groups is 1. The molecule has 1 aliphatic heterocycles. The van der Waals surface area contributed by atoms with Gasteiger partial charge in [-0.15, -0.1) is 0 Å². The van der Waals surface area contributed by atoms with Crippen LogP contribution in [-0.4, -0.2) is 31.7 Å². The highest BCUT2D eigenvalue weighted by Gasteiger charge is 2.35. The summed E-state index contributed by atoms with van der Waals surface area (Å²) in [7, 11) is -5.06. The van der Waals surface area contributed by atoms with Gasteiger partial charge >= 0.3 is 0 Å². The second-order valence-electron chi connectivity index (χ2n) is 4.71. The first-order chi connectivity index (χ1) is 9.85. The van der Waals surface area contributed by atoms with Crippen molar-refractivity contribution in [3.05, 3.63) is 12.7 Å². The number of hydrogen-bond acceptors (Lipinski definition) is 9.